The first kappa shape index (κ1) is 19.6. The summed E-state index contributed by atoms with van der Waals surface area (Å²) in [5.41, 5.74) is 2.93. The van der Waals surface area contributed by atoms with Crippen LogP contribution in [0.1, 0.15) is 34.5 Å². The molecule has 29 heavy (non-hydrogen) atoms. The van der Waals surface area contributed by atoms with E-state index in [2.05, 4.69) is 50.8 Å². The Balaban J connectivity index is 1.23. The second kappa shape index (κ2) is 9.67. The molecule has 0 spiro atoms. The third-order valence-electron chi connectivity index (χ3n) is 5.20. The Morgan fingerprint density at radius 2 is 1.66 bits per heavy atom. The summed E-state index contributed by atoms with van der Waals surface area (Å²) >= 11 is 1.50. The number of thiazole rings is 1. The number of hydrogen-bond acceptors (Lipinski definition) is 5. The minimum atomic E-state index is -0.129. The van der Waals surface area contributed by atoms with Gasteiger partial charge in [-0.2, -0.15) is 0 Å². The summed E-state index contributed by atoms with van der Waals surface area (Å²) in [5, 5.41) is 9.10. The molecular formula is C23H26N4OS. The predicted octanol–water partition coefficient (Wildman–Crippen LogP) is 4.15. The van der Waals surface area contributed by atoms with Gasteiger partial charge < -0.3 is 10.6 Å². The average molecular weight is 407 g/mol. The van der Waals surface area contributed by atoms with Crippen molar-refractivity contribution in [3.8, 4) is 0 Å². The molecule has 2 heterocycles. The fourth-order valence-electron chi connectivity index (χ4n) is 3.56. The first-order valence-electron chi connectivity index (χ1n) is 10.1. The van der Waals surface area contributed by atoms with Crippen LogP contribution in [0, 0.1) is 0 Å². The summed E-state index contributed by atoms with van der Waals surface area (Å²) in [7, 11) is 0. The fraction of sp³-hybridized carbons (Fsp3) is 0.304. The van der Waals surface area contributed by atoms with Crippen molar-refractivity contribution in [2.45, 2.75) is 32.0 Å². The molecule has 2 N–H and O–H groups in total. The normalized spacial score (nSPS) is 15.2. The molecule has 1 aliphatic rings. The van der Waals surface area contributed by atoms with Crippen LogP contribution >= 0.6 is 11.3 Å². The van der Waals surface area contributed by atoms with Gasteiger partial charge in [0, 0.05) is 37.6 Å². The van der Waals surface area contributed by atoms with Gasteiger partial charge in [0.25, 0.3) is 5.91 Å². The Bertz CT molecular complexity index is 905. The Morgan fingerprint density at radius 3 is 2.34 bits per heavy atom. The highest BCUT2D eigenvalue weighted by Gasteiger charge is 2.20. The number of nitrogens with one attached hydrogen (secondary N) is 2. The first-order valence-corrected chi connectivity index (χ1v) is 10.9. The molecule has 1 amide bonds. The number of aromatic nitrogens is 1. The van der Waals surface area contributed by atoms with Crippen LogP contribution in [0.2, 0.25) is 0 Å². The average Bonchev–Trinajstić information content (AvgIpc) is 3.23. The van der Waals surface area contributed by atoms with Crippen LogP contribution in [0.15, 0.2) is 66.0 Å². The summed E-state index contributed by atoms with van der Waals surface area (Å²) in [6, 6.07) is 20.9. The number of carbonyl (C=O) groups excluding carboxylic acids is 1. The Kier molecular flexibility index (Phi) is 6.54. The van der Waals surface area contributed by atoms with E-state index in [0.717, 1.165) is 43.2 Å². The quantitative estimate of drug-likeness (QED) is 0.619. The van der Waals surface area contributed by atoms with Gasteiger partial charge in [-0.15, -0.1) is 11.3 Å². The van der Waals surface area contributed by atoms with Gasteiger partial charge in [-0.05, 0) is 24.0 Å². The first-order chi connectivity index (χ1) is 14.3. The smallest absolute Gasteiger partial charge is 0.271 e. The minimum absolute atomic E-state index is 0.129. The highest BCUT2D eigenvalue weighted by Crippen LogP contribution is 2.21. The molecule has 1 aromatic heterocycles. The highest BCUT2D eigenvalue weighted by atomic mass is 32.1. The number of hydrogen-bond donors (Lipinski definition) is 2. The van der Waals surface area contributed by atoms with Gasteiger partial charge in [-0.25, -0.2) is 4.98 Å². The van der Waals surface area contributed by atoms with Gasteiger partial charge in [0.1, 0.15) is 5.69 Å². The van der Waals surface area contributed by atoms with E-state index in [9.17, 15) is 4.79 Å². The van der Waals surface area contributed by atoms with Gasteiger partial charge in [-0.1, -0.05) is 60.7 Å². The van der Waals surface area contributed by atoms with Crippen molar-refractivity contribution in [3.05, 3.63) is 82.9 Å². The molecule has 0 radical (unpaired) electrons. The van der Waals surface area contributed by atoms with Gasteiger partial charge >= 0.3 is 0 Å². The molecule has 0 atom stereocenters. The number of anilines is 1. The van der Waals surface area contributed by atoms with E-state index >= 15 is 0 Å². The Labute approximate surface area is 175 Å². The fourth-order valence-corrected chi connectivity index (χ4v) is 4.33. The van der Waals surface area contributed by atoms with E-state index < -0.39 is 0 Å². The summed E-state index contributed by atoms with van der Waals surface area (Å²) in [5.74, 6) is -0.129. The maximum atomic E-state index is 12.3. The molecular weight excluding hydrogens is 380 g/mol. The van der Waals surface area contributed by atoms with E-state index in [1.165, 1.54) is 16.9 Å². The Hall–Kier alpha value is -2.70. The molecule has 0 bridgehead atoms. The van der Waals surface area contributed by atoms with Crippen molar-refractivity contribution in [1.29, 1.82) is 0 Å². The van der Waals surface area contributed by atoms with Crippen molar-refractivity contribution in [2.75, 3.05) is 18.4 Å². The molecule has 6 heteroatoms. The largest absolute Gasteiger partial charge is 0.359 e. The SMILES string of the molecule is O=C(NCc1ccccc1)c1csc(NC2CCN(Cc3ccccc3)CC2)n1. The molecule has 150 valence electrons. The molecule has 2 aromatic carbocycles. The van der Waals surface area contributed by atoms with E-state index in [1.807, 2.05) is 35.7 Å². The number of piperidine rings is 1. The molecule has 1 fully saturated rings. The zero-order chi connectivity index (χ0) is 19.9. The number of benzene rings is 2. The van der Waals surface area contributed by atoms with E-state index in [4.69, 9.17) is 0 Å². The molecule has 3 aromatic rings. The predicted molar refractivity (Wildman–Crippen MR) is 118 cm³/mol. The second-order valence-corrected chi connectivity index (χ2v) is 8.24. The lowest BCUT2D eigenvalue weighted by molar-refractivity contribution is 0.0946. The topological polar surface area (TPSA) is 57.3 Å². The van der Waals surface area contributed by atoms with Gasteiger partial charge in [-0.3, -0.25) is 9.69 Å². The summed E-state index contributed by atoms with van der Waals surface area (Å²) in [6.45, 7) is 3.67. The molecule has 0 unspecified atom stereocenters. The van der Waals surface area contributed by atoms with Crippen LogP contribution < -0.4 is 10.6 Å². The zero-order valence-electron chi connectivity index (χ0n) is 16.4. The molecule has 1 aliphatic heterocycles. The van der Waals surface area contributed by atoms with Crippen LogP contribution in [-0.2, 0) is 13.1 Å². The third kappa shape index (κ3) is 5.65. The van der Waals surface area contributed by atoms with Crippen LogP contribution in [0.4, 0.5) is 5.13 Å². The van der Waals surface area contributed by atoms with Crippen molar-refractivity contribution in [3.63, 3.8) is 0 Å². The third-order valence-corrected chi connectivity index (χ3v) is 5.97. The lowest BCUT2D eigenvalue weighted by Gasteiger charge is -2.32. The van der Waals surface area contributed by atoms with E-state index in [0.29, 0.717) is 18.3 Å². The van der Waals surface area contributed by atoms with E-state index in [1.54, 1.807) is 0 Å². The lowest BCUT2D eigenvalue weighted by atomic mass is 10.0. The standard InChI is InChI=1S/C23H26N4OS/c28-22(24-15-18-7-3-1-4-8-18)21-17-29-23(26-21)25-20-11-13-27(14-12-20)16-19-9-5-2-6-10-19/h1-10,17,20H,11-16H2,(H,24,28)(H,25,26). The Morgan fingerprint density at radius 1 is 1.00 bits per heavy atom. The minimum Gasteiger partial charge on any atom is -0.359 e. The van der Waals surface area contributed by atoms with Crippen molar-refractivity contribution in [1.82, 2.24) is 15.2 Å². The van der Waals surface area contributed by atoms with E-state index in [-0.39, 0.29) is 5.91 Å². The molecule has 0 saturated carbocycles. The van der Waals surface area contributed by atoms with Gasteiger partial charge in [0.05, 0.1) is 0 Å². The number of amides is 1. The number of carbonyl (C=O) groups is 1. The lowest BCUT2D eigenvalue weighted by Crippen LogP contribution is -2.38. The van der Waals surface area contributed by atoms with Crippen LogP contribution in [-0.4, -0.2) is 34.9 Å². The van der Waals surface area contributed by atoms with Gasteiger partial charge in [0.15, 0.2) is 5.13 Å². The number of rotatable bonds is 7. The van der Waals surface area contributed by atoms with Crippen molar-refractivity contribution >= 4 is 22.4 Å². The molecule has 5 nitrogen and oxygen atoms in total. The summed E-state index contributed by atoms with van der Waals surface area (Å²) in [6.07, 6.45) is 2.17. The van der Waals surface area contributed by atoms with Crippen molar-refractivity contribution < 1.29 is 4.79 Å². The number of nitrogens with zero attached hydrogens (tertiary/aromatic N) is 2. The molecule has 4 rings (SSSR count). The van der Waals surface area contributed by atoms with Crippen LogP contribution in [0.25, 0.3) is 0 Å². The molecule has 1 saturated heterocycles. The second-order valence-electron chi connectivity index (χ2n) is 7.39. The molecule has 0 aliphatic carbocycles. The highest BCUT2D eigenvalue weighted by molar-refractivity contribution is 7.13. The summed E-state index contributed by atoms with van der Waals surface area (Å²) < 4.78 is 0. The zero-order valence-corrected chi connectivity index (χ0v) is 17.2. The van der Waals surface area contributed by atoms with Gasteiger partial charge in [0.2, 0.25) is 0 Å². The number of likely N-dealkylation sites (tertiary alicyclic amines) is 1. The van der Waals surface area contributed by atoms with Crippen LogP contribution in [0.3, 0.4) is 0 Å². The van der Waals surface area contributed by atoms with Crippen molar-refractivity contribution in [2.24, 2.45) is 0 Å². The maximum Gasteiger partial charge on any atom is 0.271 e. The monoisotopic (exact) mass is 406 g/mol. The van der Waals surface area contributed by atoms with Crippen LogP contribution in [0.5, 0.6) is 0 Å². The summed E-state index contributed by atoms with van der Waals surface area (Å²) in [4.78, 5) is 19.3. The maximum absolute atomic E-state index is 12.3.